The molecule has 0 bridgehead atoms. The van der Waals surface area contributed by atoms with Crippen molar-refractivity contribution in [3.8, 4) is 17.1 Å². The van der Waals surface area contributed by atoms with Gasteiger partial charge in [0.25, 0.3) is 0 Å². The van der Waals surface area contributed by atoms with E-state index < -0.39 is 5.60 Å². The third-order valence-electron chi connectivity index (χ3n) is 5.32. The normalized spacial score (nSPS) is 17.0. The lowest BCUT2D eigenvalue weighted by molar-refractivity contribution is 0.0158. The van der Waals surface area contributed by atoms with E-state index in [9.17, 15) is 4.79 Å². The fourth-order valence-electron chi connectivity index (χ4n) is 3.81. The molecule has 1 unspecified atom stereocenters. The van der Waals surface area contributed by atoms with E-state index in [0.29, 0.717) is 19.6 Å². The van der Waals surface area contributed by atoms with Gasteiger partial charge in [0, 0.05) is 37.8 Å². The Morgan fingerprint density at radius 3 is 2.50 bits per heavy atom. The number of carbonyl (C=O) groups is 1. The molecule has 3 heterocycles. The van der Waals surface area contributed by atoms with Crippen LogP contribution in [0.25, 0.3) is 17.1 Å². The average molecular weight is 440 g/mol. The number of hydrogen-bond donors (Lipinski definition) is 0. The number of anilines is 1. The highest BCUT2D eigenvalue weighted by Crippen LogP contribution is 2.26. The molecule has 0 radical (unpaired) electrons. The molecule has 11 heteroatoms. The van der Waals surface area contributed by atoms with Gasteiger partial charge in [-0.05, 0) is 69.3 Å². The summed E-state index contributed by atoms with van der Waals surface area (Å²) in [5.41, 5.74) is 1.32. The van der Waals surface area contributed by atoms with Crippen LogP contribution in [0.15, 0.2) is 30.6 Å². The van der Waals surface area contributed by atoms with Crippen molar-refractivity contribution in [2.24, 2.45) is 0 Å². The van der Waals surface area contributed by atoms with E-state index in [1.165, 1.54) is 0 Å². The van der Waals surface area contributed by atoms with Crippen LogP contribution in [0.3, 0.4) is 0 Å². The van der Waals surface area contributed by atoms with Gasteiger partial charge in [-0.15, -0.1) is 15.3 Å². The van der Waals surface area contributed by atoms with Crippen LogP contribution in [-0.4, -0.2) is 77.2 Å². The van der Waals surface area contributed by atoms with Gasteiger partial charge in [-0.1, -0.05) is 0 Å². The summed E-state index contributed by atoms with van der Waals surface area (Å²) >= 11 is 0. The number of carbonyl (C=O) groups excluding carboxylic acids is 1. The third kappa shape index (κ3) is 4.41. The molecule has 4 rings (SSSR count). The predicted molar refractivity (Wildman–Crippen MR) is 118 cm³/mol. The molecule has 1 aliphatic heterocycles. The molecule has 0 N–H and O–H groups in total. The van der Waals surface area contributed by atoms with Crippen LogP contribution in [0.1, 0.15) is 34.6 Å². The molecule has 3 aromatic rings. The fraction of sp³-hybridized carbons (Fsp3) is 0.524. The van der Waals surface area contributed by atoms with Gasteiger partial charge < -0.3 is 14.5 Å². The number of benzene rings is 1. The van der Waals surface area contributed by atoms with E-state index in [4.69, 9.17) is 4.74 Å². The van der Waals surface area contributed by atoms with Crippen LogP contribution in [0.4, 0.5) is 10.7 Å². The number of nitrogens with zero attached hydrogens (tertiary/aromatic N) is 9. The van der Waals surface area contributed by atoms with Gasteiger partial charge in [-0.2, -0.15) is 0 Å². The topological polar surface area (TPSA) is 107 Å². The number of amides is 1. The van der Waals surface area contributed by atoms with Gasteiger partial charge in [0.15, 0.2) is 5.82 Å². The summed E-state index contributed by atoms with van der Waals surface area (Å²) in [5, 5.41) is 20.2. The zero-order valence-corrected chi connectivity index (χ0v) is 19.1. The second-order valence-electron chi connectivity index (χ2n) is 8.84. The minimum Gasteiger partial charge on any atom is -0.444 e. The van der Waals surface area contributed by atoms with Crippen LogP contribution in [0.5, 0.6) is 0 Å². The summed E-state index contributed by atoms with van der Waals surface area (Å²) < 4.78 is 9.25. The molecule has 1 amide bonds. The molecule has 32 heavy (non-hydrogen) atoms. The van der Waals surface area contributed by atoms with Crippen molar-refractivity contribution in [2.45, 2.75) is 52.8 Å². The van der Waals surface area contributed by atoms with Gasteiger partial charge in [-0.3, -0.25) is 4.57 Å². The maximum atomic E-state index is 12.5. The Labute approximate surface area is 187 Å². The first kappa shape index (κ1) is 21.7. The Balaban J connectivity index is 1.51. The van der Waals surface area contributed by atoms with Crippen LogP contribution >= 0.6 is 0 Å². The maximum absolute atomic E-state index is 12.5. The quantitative estimate of drug-likeness (QED) is 0.610. The first-order valence-corrected chi connectivity index (χ1v) is 10.8. The third-order valence-corrected chi connectivity index (χ3v) is 5.32. The van der Waals surface area contributed by atoms with E-state index in [-0.39, 0.29) is 12.1 Å². The van der Waals surface area contributed by atoms with E-state index in [1.807, 2.05) is 52.0 Å². The smallest absolute Gasteiger partial charge is 0.410 e. The van der Waals surface area contributed by atoms with Crippen molar-refractivity contribution in [3.63, 3.8) is 0 Å². The molecule has 1 aliphatic rings. The van der Waals surface area contributed by atoms with Crippen molar-refractivity contribution in [1.29, 1.82) is 0 Å². The standard InChI is InChI=1S/C21H29N9O2/c1-6-28-18(16-7-9-17(10-8-16)30-14-22-25-26-30)23-24-19(28)27-11-12-29(15(2)13-27)20(31)32-21(3,4)5/h7-10,14-15H,6,11-13H2,1-5H3. The van der Waals surface area contributed by atoms with Crippen molar-refractivity contribution in [3.05, 3.63) is 30.6 Å². The van der Waals surface area contributed by atoms with E-state index in [2.05, 4.69) is 42.1 Å². The molecule has 0 saturated carbocycles. The van der Waals surface area contributed by atoms with E-state index in [0.717, 1.165) is 29.6 Å². The predicted octanol–water partition coefficient (Wildman–Crippen LogP) is 2.39. The zero-order chi connectivity index (χ0) is 22.9. The lowest BCUT2D eigenvalue weighted by Gasteiger charge is -2.40. The minimum absolute atomic E-state index is 0.000343. The fourth-order valence-corrected chi connectivity index (χ4v) is 3.81. The highest BCUT2D eigenvalue weighted by molar-refractivity contribution is 5.69. The van der Waals surface area contributed by atoms with Crippen LogP contribution in [0, 0.1) is 0 Å². The molecule has 1 aromatic carbocycles. The van der Waals surface area contributed by atoms with Crippen LogP contribution < -0.4 is 4.90 Å². The van der Waals surface area contributed by atoms with Crippen molar-refractivity contribution < 1.29 is 9.53 Å². The van der Waals surface area contributed by atoms with Gasteiger partial charge in [0.05, 0.1) is 5.69 Å². The molecule has 1 atom stereocenters. The molecule has 1 fully saturated rings. The summed E-state index contributed by atoms with van der Waals surface area (Å²) in [7, 11) is 0. The lowest BCUT2D eigenvalue weighted by Crippen LogP contribution is -2.55. The Bertz CT molecular complexity index is 1050. The van der Waals surface area contributed by atoms with Gasteiger partial charge in [0.2, 0.25) is 5.95 Å². The maximum Gasteiger partial charge on any atom is 0.410 e. The summed E-state index contributed by atoms with van der Waals surface area (Å²) in [6, 6.07) is 7.86. The number of tetrazole rings is 1. The Kier molecular flexibility index (Phi) is 5.81. The van der Waals surface area contributed by atoms with Crippen LogP contribution in [0.2, 0.25) is 0 Å². The molecule has 170 valence electrons. The van der Waals surface area contributed by atoms with Gasteiger partial charge >= 0.3 is 6.09 Å². The Hall–Kier alpha value is -3.50. The number of hydrogen-bond acceptors (Lipinski definition) is 8. The SMILES string of the molecule is CCn1c(-c2ccc(-n3cnnn3)cc2)nnc1N1CCN(C(=O)OC(C)(C)C)C(C)C1. The number of piperazine rings is 1. The second-order valence-corrected chi connectivity index (χ2v) is 8.84. The van der Waals surface area contributed by atoms with Gasteiger partial charge in [0.1, 0.15) is 11.9 Å². The highest BCUT2D eigenvalue weighted by Gasteiger charge is 2.32. The van der Waals surface area contributed by atoms with Crippen LogP contribution in [-0.2, 0) is 11.3 Å². The monoisotopic (exact) mass is 439 g/mol. The largest absolute Gasteiger partial charge is 0.444 e. The number of ether oxygens (including phenoxy) is 1. The zero-order valence-electron chi connectivity index (χ0n) is 19.1. The molecular weight excluding hydrogens is 410 g/mol. The van der Waals surface area contributed by atoms with E-state index >= 15 is 0 Å². The van der Waals surface area contributed by atoms with Crippen molar-refractivity contribution in [1.82, 2.24) is 39.9 Å². The summed E-state index contributed by atoms with van der Waals surface area (Å²) in [6.45, 7) is 12.4. The first-order chi connectivity index (χ1) is 15.3. The number of rotatable bonds is 4. The molecule has 1 saturated heterocycles. The Morgan fingerprint density at radius 1 is 1.16 bits per heavy atom. The first-order valence-electron chi connectivity index (χ1n) is 10.8. The number of aromatic nitrogens is 7. The van der Waals surface area contributed by atoms with Gasteiger partial charge in [-0.25, -0.2) is 9.48 Å². The van der Waals surface area contributed by atoms with Crippen molar-refractivity contribution >= 4 is 12.0 Å². The molecule has 11 nitrogen and oxygen atoms in total. The molecular formula is C21H29N9O2. The molecule has 2 aromatic heterocycles. The molecule has 0 aliphatic carbocycles. The molecule has 0 spiro atoms. The minimum atomic E-state index is -0.509. The lowest BCUT2D eigenvalue weighted by atomic mass is 10.2. The Morgan fingerprint density at radius 2 is 1.91 bits per heavy atom. The summed E-state index contributed by atoms with van der Waals surface area (Å²) in [5.74, 6) is 1.61. The highest BCUT2D eigenvalue weighted by atomic mass is 16.6. The average Bonchev–Trinajstić information content (AvgIpc) is 3.42. The summed E-state index contributed by atoms with van der Waals surface area (Å²) in [6.07, 6.45) is 1.28. The van der Waals surface area contributed by atoms with Crippen molar-refractivity contribution in [2.75, 3.05) is 24.5 Å². The van der Waals surface area contributed by atoms with E-state index in [1.54, 1.807) is 15.9 Å². The second kappa shape index (κ2) is 8.56. The summed E-state index contributed by atoms with van der Waals surface area (Å²) in [4.78, 5) is 16.5.